The molecule has 0 saturated carbocycles. The molecule has 1 heterocycles. The summed E-state index contributed by atoms with van der Waals surface area (Å²) in [6.07, 6.45) is 0.894. The van der Waals surface area contributed by atoms with Crippen LogP contribution < -0.4 is 5.32 Å². The van der Waals surface area contributed by atoms with Crippen LogP contribution in [0.4, 0.5) is 0 Å². The molecule has 1 aliphatic rings. The molecule has 0 aromatic rings. The molecule has 118 valence electrons. The number of hydrogen-bond donors (Lipinski definition) is 2. The van der Waals surface area contributed by atoms with Crippen LogP contribution in [-0.2, 0) is 4.79 Å². The molecule has 0 amide bonds. The first-order valence-electron chi connectivity index (χ1n) is 7.54. The average molecular weight is 284 g/mol. The van der Waals surface area contributed by atoms with Gasteiger partial charge in [0.15, 0.2) is 0 Å². The van der Waals surface area contributed by atoms with Crippen LogP contribution in [0.15, 0.2) is 0 Å². The number of nitrogens with zero attached hydrogens (tertiary/aromatic N) is 1. The minimum Gasteiger partial charge on any atom is -0.480 e. The largest absolute Gasteiger partial charge is 0.480 e. The molecule has 4 heteroatoms. The van der Waals surface area contributed by atoms with Gasteiger partial charge in [-0.2, -0.15) is 0 Å². The van der Waals surface area contributed by atoms with Gasteiger partial charge in [-0.15, -0.1) is 0 Å². The van der Waals surface area contributed by atoms with Gasteiger partial charge in [0.05, 0.1) is 0 Å². The van der Waals surface area contributed by atoms with Gasteiger partial charge in [0, 0.05) is 18.1 Å². The predicted molar refractivity (Wildman–Crippen MR) is 82.9 cm³/mol. The summed E-state index contributed by atoms with van der Waals surface area (Å²) in [4.78, 5) is 14.1. The highest BCUT2D eigenvalue weighted by Crippen LogP contribution is 2.45. The zero-order valence-corrected chi connectivity index (χ0v) is 14.4. The zero-order valence-electron chi connectivity index (χ0n) is 14.4. The highest BCUT2D eigenvalue weighted by Gasteiger charge is 2.58. The van der Waals surface area contributed by atoms with E-state index < -0.39 is 11.5 Å². The van der Waals surface area contributed by atoms with Gasteiger partial charge in [-0.05, 0) is 45.6 Å². The first-order valence-corrected chi connectivity index (χ1v) is 7.54. The van der Waals surface area contributed by atoms with Gasteiger partial charge in [0.2, 0.25) is 0 Å². The lowest BCUT2D eigenvalue weighted by Gasteiger charge is -2.56. The van der Waals surface area contributed by atoms with E-state index >= 15 is 0 Å². The number of aliphatic carboxylic acids is 1. The van der Waals surface area contributed by atoms with E-state index in [0.29, 0.717) is 6.04 Å². The van der Waals surface area contributed by atoms with Crippen LogP contribution in [0, 0.1) is 11.3 Å². The lowest BCUT2D eigenvalue weighted by atomic mass is 9.62. The Hall–Kier alpha value is -0.610. The molecule has 0 bridgehead atoms. The smallest absolute Gasteiger partial charge is 0.324 e. The summed E-state index contributed by atoms with van der Waals surface area (Å²) in [5.74, 6) is -0.604. The molecule has 1 saturated heterocycles. The van der Waals surface area contributed by atoms with Gasteiger partial charge in [-0.3, -0.25) is 9.69 Å². The van der Waals surface area contributed by atoms with Gasteiger partial charge in [0.25, 0.3) is 0 Å². The second-order valence-corrected chi connectivity index (χ2v) is 8.43. The van der Waals surface area contributed by atoms with Crippen molar-refractivity contribution in [1.82, 2.24) is 10.2 Å². The molecule has 3 unspecified atom stereocenters. The molecule has 0 aliphatic carbocycles. The summed E-state index contributed by atoms with van der Waals surface area (Å²) in [5, 5.41) is 13.5. The number of carbonyl (C=O) groups is 1. The van der Waals surface area contributed by atoms with Crippen molar-refractivity contribution in [2.24, 2.45) is 11.3 Å². The quantitative estimate of drug-likeness (QED) is 0.818. The number of likely N-dealkylation sites (tertiary alicyclic amines) is 1. The number of hydrogen-bond acceptors (Lipinski definition) is 3. The van der Waals surface area contributed by atoms with E-state index in [-0.39, 0.29) is 16.9 Å². The molecule has 4 nitrogen and oxygen atoms in total. The maximum atomic E-state index is 12.1. The van der Waals surface area contributed by atoms with Crippen LogP contribution in [0.5, 0.6) is 0 Å². The van der Waals surface area contributed by atoms with Crippen molar-refractivity contribution < 1.29 is 9.90 Å². The molecule has 2 N–H and O–H groups in total. The van der Waals surface area contributed by atoms with E-state index in [9.17, 15) is 9.90 Å². The third-order valence-corrected chi connectivity index (χ3v) is 4.55. The minimum atomic E-state index is -0.803. The highest BCUT2D eigenvalue weighted by molar-refractivity contribution is 5.80. The first-order chi connectivity index (χ1) is 8.82. The fourth-order valence-electron chi connectivity index (χ4n) is 4.25. The van der Waals surface area contributed by atoms with Gasteiger partial charge in [-0.25, -0.2) is 0 Å². The summed E-state index contributed by atoms with van der Waals surface area (Å²) in [6.45, 7) is 15.4. The molecule has 1 rings (SSSR count). The van der Waals surface area contributed by atoms with Gasteiger partial charge in [0.1, 0.15) is 5.54 Å². The maximum absolute atomic E-state index is 12.1. The predicted octanol–water partition coefficient (Wildman–Crippen LogP) is 2.58. The van der Waals surface area contributed by atoms with Crippen molar-refractivity contribution in [3.8, 4) is 0 Å². The molecule has 0 radical (unpaired) electrons. The second-order valence-electron chi connectivity index (χ2n) is 8.43. The zero-order chi connectivity index (χ0) is 15.9. The number of carboxylic acid groups (broad SMARTS) is 1. The van der Waals surface area contributed by atoms with Crippen molar-refractivity contribution >= 4 is 5.97 Å². The van der Waals surface area contributed by atoms with E-state index in [4.69, 9.17) is 0 Å². The molecule has 0 aromatic heterocycles. The maximum Gasteiger partial charge on any atom is 0.324 e. The van der Waals surface area contributed by atoms with Crippen LogP contribution in [0.3, 0.4) is 0 Å². The molecule has 1 aliphatic heterocycles. The Kier molecular flexibility index (Phi) is 4.62. The number of likely N-dealkylation sites (N-methyl/N-ethyl adjacent to an activating group) is 1. The van der Waals surface area contributed by atoms with Crippen molar-refractivity contribution in [3.63, 3.8) is 0 Å². The van der Waals surface area contributed by atoms with Crippen LogP contribution in [0.2, 0.25) is 0 Å². The van der Waals surface area contributed by atoms with Gasteiger partial charge in [-0.1, -0.05) is 27.7 Å². The molecular weight excluding hydrogens is 252 g/mol. The van der Waals surface area contributed by atoms with Crippen molar-refractivity contribution in [2.75, 3.05) is 13.6 Å². The Balaban J connectivity index is 3.07. The lowest BCUT2D eigenvalue weighted by Crippen LogP contribution is -2.71. The summed E-state index contributed by atoms with van der Waals surface area (Å²) in [6, 6.07) is 0.338. The summed E-state index contributed by atoms with van der Waals surface area (Å²) in [5.41, 5.74) is -1.06. The first kappa shape index (κ1) is 17.4. The van der Waals surface area contributed by atoms with E-state index in [0.717, 1.165) is 13.0 Å². The molecular formula is C16H32N2O2. The summed E-state index contributed by atoms with van der Waals surface area (Å²) < 4.78 is 0. The fraction of sp³-hybridized carbons (Fsp3) is 0.938. The Morgan fingerprint density at radius 2 is 1.75 bits per heavy atom. The molecule has 3 atom stereocenters. The van der Waals surface area contributed by atoms with Crippen LogP contribution in [-0.4, -0.2) is 46.7 Å². The standard InChI is InChI=1S/C16H32N2O2/c1-11-9-12(17-15(5,6)7)10-18(8)16(11,13(19)20)14(2,3)4/h11-12,17H,9-10H2,1-8H3,(H,19,20). The van der Waals surface area contributed by atoms with Crippen molar-refractivity contribution in [2.45, 2.75) is 72.0 Å². The average Bonchev–Trinajstić information content (AvgIpc) is 2.09. The van der Waals surface area contributed by atoms with E-state index in [1.54, 1.807) is 0 Å². The van der Waals surface area contributed by atoms with Crippen LogP contribution in [0.1, 0.15) is 54.9 Å². The topological polar surface area (TPSA) is 52.6 Å². The lowest BCUT2D eigenvalue weighted by molar-refractivity contribution is -0.171. The Bertz CT molecular complexity index is 354. The third-order valence-electron chi connectivity index (χ3n) is 4.55. The highest BCUT2D eigenvalue weighted by atomic mass is 16.4. The summed E-state index contributed by atoms with van der Waals surface area (Å²) in [7, 11) is 1.95. The second kappa shape index (κ2) is 5.30. The minimum absolute atomic E-state index is 0.0518. The van der Waals surface area contributed by atoms with Crippen molar-refractivity contribution in [3.05, 3.63) is 0 Å². The van der Waals surface area contributed by atoms with Crippen molar-refractivity contribution in [1.29, 1.82) is 0 Å². The third kappa shape index (κ3) is 3.01. The van der Waals surface area contributed by atoms with Crippen LogP contribution in [0.25, 0.3) is 0 Å². The molecule has 20 heavy (non-hydrogen) atoms. The van der Waals surface area contributed by atoms with E-state index in [1.807, 2.05) is 32.7 Å². The van der Waals surface area contributed by atoms with E-state index in [1.165, 1.54) is 0 Å². The number of carboxylic acids is 1. The number of rotatable bonds is 2. The molecule has 0 spiro atoms. The molecule has 0 aromatic carbocycles. The SMILES string of the molecule is CC1CC(NC(C)(C)C)CN(C)C1(C(=O)O)C(C)(C)C. The molecule has 1 fully saturated rings. The van der Waals surface area contributed by atoms with Gasteiger partial charge < -0.3 is 10.4 Å². The Morgan fingerprint density at radius 1 is 1.25 bits per heavy atom. The van der Waals surface area contributed by atoms with Crippen LogP contribution >= 0.6 is 0 Å². The van der Waals surface area contributed by atoms with E-state index in [2.05, 4.69) is 33.0 Å². The number of nitrogens with one attached hydrogen (secondary N) is 1. The monoisotopic (exact) mass is 284 g/mol. The Labute approximate surface area is 123 Å². The fourth-order valence-corrected chi connectivity index (χ4v) is 4.25. The normalized spacial score (nSPS) is 33.2. The Morgan fingerprint density at radius 3 is 2.05 bits per heavy atom. The number of piperidine rings is 1. The van der Waals surface area contributed by atoms with Gasteiger partial charge >= 0.3 is 5.97 Å². The summed E-state index contributed by atoms with van der Waals surface area (Å²) >= 11 is 0.